The number of fused-ring (bicyclic) bond motifs is 5. The van der Waals surface area contributed by atoms with Gasteiger partial charge in [0.05, 0.1) is 54.4 Å². The Morgan fingerprint density at radius 1 is 0.696 bits per heavy atom. The zero-order valence-corrected chi connectivity index (χ0v) is 33.9. The van der Waals surface area contributed by atoms with Crippen LogP contribution in [0.15, 0.2) is 11.6 Å². The molecule has 56 heavy (non-hydrogen) atoms. The fourth-order valence-corrected chi connectivity index (χ4v) is 13.1. The number of hydrogen-bond acceptors (Lipinski definition) is 14. The SMILES string of the molecule is CO[C@H]1[C@H](O)C[C@H](O[C@H]2[C@H](O)C[C@H](O[C@H]3[C@H](O)C[C@H](O[C@@H]4CC[C@]5(C)[C@@H](CC[C@@H]6[C@@H]5C[C@@H](O)[C@]5(C)[C@@H](C7=CC(=O)OC7)CC[C@@]65O)C4)O[C@@H]3C)O[C@@H]2C)O[C@@H]1C. The maximum absolute atomic E-state index is 12.6. The lowest BCUT2D eigenvalue weighted by atomic mass is 9.42. The summed E-state index contributed by atoms with van der Waals surface area (Å²) in [4.78, 5) is 12.0. The van der Waals surface area contributed by atoms with Gasteiger partial charge in [0.15, 0.2) is 18.9 Å². The summed E-state index contributed by atoms with van der Waals surface area (Å²) in [5.41, 5.74) is -0.877. The lowest BCUT2D eigenvalue weighted by molar-refractivity contribution is -0.336. The van der Waals surface area contributed by atoms with E-state index in [2.05, 4.69) is 6.92 Å². The molecule has 21 atom stereocenters. The molecule has 0 radical (unpaired) electrons. The van der Waals surface area contributed by atoms with Gasteiger partial charge in [-0.25, -0.2) is 4.79 Å². The summed E-state index contributed by atoms with van der Waals surface area (Å²) in [6.07, 6.45) is -0.0154. The average Bonchev–Trinajstić information content (AvgIpc) is 3.68. The molecule has 4 heterocycles. The first kappa shape index (κ1) is 41.5. The van der Waals surface area contributed by atoms with Gasteiger partial charge in [-0.3, -0.25) is 0 Å². The Kier molecular flexibility index (Phi) is 11.6. The largest absolute Gasteiger partial charge is 0.458 e. The predicted octanol–water partition coefficient (Wildman–Crippen LogP) is 2.87. The summed E-state index contributed by atoms with van der Waals surface area (Å²) in [7, 11) is 1.53. The smallest absolute Gasteiger partial charge is 0.331 e. The number of hydrogen-bond donors (Lipinski definition) is 5. The van der Waals surface area contributed by atoms with Crippen LogP contribution in [0.4, 0.5) is 0 Å². The van der Waals surface area contributed by atoms with Crippen molar-refractivity contribution >= 4 is 5.97 Å². The number of rotatable bonds is 8. The standard InChI is InChI=1S/C42H66O14/c1-20-37(49-6)29(43)16-35(51-20)55-39-22(3)53-36(18-31(39)45)56-38-21(2)52-34(17-30(38)44)54-25-9-11-40(4)24(14-25)7-8-27-28(40)15-32(46)41(5)26(10-12-42(27,41)48)23-13-33(47)50-19-23/h13,20-22,24-32,34-39,43-46,48H,7-12,14-19H2,1-6H3/t20-,21-,22-,24+,25-,26-,27-,28+,29-,30-,31-,32-,34+,35+,36+,37-,38-,39-,40-,41+,42-/m1/s1. The van der Waals surface area contributed by atoms with Crippen molar-refractivity contribution in [2.24, 2.45) is 34.5 Å². The van der Waals surface area contributed by atoms with E-state index < -0.39 is 84.8 Å². The minimum atomic E-state index is -1.01. The highest BCUT2D eigenvalue weighted by molar-refractivity contribution is 5.85. The highest BCUT2D eigenvalue weighted by atomic mass is 16.7. The summed E-state index contributed by atoms with van der Waals surface area (Å²) in [6, 6.07) is 0. The molecule has 0 bridgehead atoms. The molecule has 0 aromatic rings. The quantitative estimate of drug-likeness (QED) is 0.178. The first-order chi connectivity index (χ1) is 26.5. The molecule has 0 amide bonds. The number of esters is 1. The van der Waals surface area contributed by atoms with Crippen molar-refractivity contribution < 1.29 is 68.2 Å². The number of ether oxygens (including phenoxy) is 8. The summed E-state index contributed by atoms with van der Waals surface area (Å²) in [6.45, 7) is 10.1. The average molecular weight is 795 g/mol. The monoisotopic (exact) mass is 794 g/mol. The van der Waals surface area contributed by atoms with Gasteiger partial charge in [-0.05, 0) is 107 Å². The van der Waals surface area contributed by atoms with Crippen molar-refractivity contribution in [1.82, 2.24) is 0 Å². The van der Waals surface area contributed by atoms with Gasteiger partial charge in [-0.2, -0.15) is 0 Å². The van der Waals surface area contributed by atoms with E-state index in [0.717, 1.165) is 44.1 Å². The van der Waals surface area contributed by atoms with Crippen LogP contribution < -0.4 is 0 Å². The Balaban J connectivity index is 0.832. The maximum Gasteiger partial charge on any atom is 0.331 e. The maximum atomic E-state index is 12.6. The molecule has 8 rings (SSSR count). The molecule has 14 nitrogen and oxygen atoms in total. The fraction of sp³-hybridized carbons (Fsp3) is 0.929. The molecule has 4 aliphatic heterocycles. The van der Waals surface area contributed by atoms with Gasteiger partial charge >= 0.3 is 5.97 Å². The Bertz CT molecular complexity index is 1430. The number of carbonyl (C=O) groups is 1. The van der Waals surface area contributed by atoms with Crippen molar-refractivity contribution in [2.75, 3.05) is 13.7 Å². The Hall–Kier alpha value is -1.27. The van der Waals surface area contributed by atoms with Crippen LogP contribution in [0.1, 0.15) is 105 Å². The van der Waals surface area contributed by atoms with Crippen molar-refractivity contribution in [3.63, 3.8) is 0 Å². The number of methoxy groups -OCH3 is 1. The van der Waals surface area contributed by atoms with Crippen LogP contribution in [0.25, 0.3) is 0 Å². The first-order valence-corrected chi connectivity index (χ1v) is 21.3. The Labute approximate surface area is 330 Å². The van der Waals surface area contributed by atoms with E-state index in [9.17, 15) is 30.3 Å². The molecule has 0 spiro atoms. The van der Waals surface area contributed by atoms with Crippen LogP contribution >= 0.6 is 0 Å². The third-order valence-electron chi connectivity index (χ3n) is 16.2. The van der Waals surface area contributed by atoms with Crippen molar-refractivity contribution in [2.45, 2.75) is 197 Å². The minimum absolute atomic E-state index is 0.0386. The van der Waals surface area contributed by atoms with Gasteiger partial charge in [0.25, 0.3) is 0 Å². The molecular formula is C42H66O14. The van der Waals surface area contributed by atoms with Crippen molar-refractivity contribution in [3.8, 4) is 0 Å². The van der Waals surface area contributed by atoms with E-state index in [-0.39, 0.29) is 67.2 Å². The topological polar surface area (TPSA) is 192 Å². The summed E-state index contributed by atoms with van der Waals surface area (Å²) >= 11 is 0. The van der Waals surface area contributed by atoms with E-state index >= 15 is 0 Å². The molecular weight excluding hydrogens is 728 g/mol. The van der Waals surface area contributed by atoms with Crippen LogP contribution in [0.2, 0.25) is 0 Å². The molecule has 7 fully saturated rings. The van der Waals surface area contributed by atoms with E-state index in [1.807, 2.05) is 20.8 Å². The van der Waals surface area contributed by atoms with Crippen LogP contribution in [0.5, 0.6) is 0 Å². The molecule has 318 valence electrons. The summed E-state index contributed by atoms with van der Waals surface area (Å²) in [5, 5.41) is 57.3. The predicted molar refractivity (Wildman–Crippen MR) is 197 cm³/mol. The van der Waals surface area contributed by atoms with Gasteiger partial charge in [0.1, 0.15) is 24.9 Å². The minimum Gasteiger partial charge on any atom is -0.458 e. The third kappa shape index (κ3) is 7.02. The second-order valence-electron chi connectivity index (χ2n) is 19.0. The molecule has 4 saturated carbocycles. The van der Waals surface area contributed by atoms with Gasteiger partial charge in [0.2, 0.25) is 0 Å². The van der Waals surface area contributed by atoms with Gasteiger partial charge in [-0.1, -0.05) is 13.8 Å². The second kappa shape index (κ2) is 15.6. The first-order valence-electron chi connectivity index (χ1n) is 21.3. The lowest BCUT2D eigenvalue weighted by Crippen LogP contribution is -2.67. The summed E-state index contributed by atoms with van der Waals surface area (Å²) < 4.78 is 47.8. The zero-order chi connectivity index (χ0) is 39.9. The molecule has 5 N–H and O–H groups in total. The van der Waals surface area contributed by atoms with Crippen LogP contribution in [-0.4, -0.2) is 137 Å². The van der Waals surface area contributed by atoms with Crippen molar-refractivity contribution in [1.29, 1.82) is 0 Å². The van der Waals surface area contributed by atoms with Gasteiger partial charge in [-0.15, -0.1) is 0 Å². The van der Waals surface area contributed by atoms with Crippen LogP contribution in [0, 0.1) is 34.5 Å². The third-order valence-corrected chi connectivity index (χ3v) is 16.2. The highest BCUT2D eigenvalue weighted by Gasteiger charge is 2.71. The number of aliphatic hydroxyl groups excluding tert-OH is 4. The molecule has 3 saturated heterocycles. The second-order valence-corrected chi connectivity index (χ2v) is 19.0. The molecule has 4 aliphatic carbocycles. The number of aliphatic hydroxyl groups is 5. The highest BCUT2D eigenvalue weighted by Crippen LogP contribution is 2.70. The number of cyclic esters (lactones) is 1. The normalized spacial score (nSPS) is 54.8. The lowest BCUT2D eigenvalue weighted by Gasteiger charge is -2.65. The molecule has 14 heteroatoms. The Morgan fingerprint density at radius 2 is 1.27 bits per heavy atom. The van der Waals surface area contributed by atoms with E-state index in [4.69, 9.17) is 37.9 Å². The Morgan fingerprint density at radius 3 is 1.80 bits per heavy atom. The van der Waals surface area contributed by atoms with E-state index in [1.165, 1.54) is 7.11 Å². The van der Waals surface area contributed by atoms with E-state index in [1.54, 1.807) is 13.0 Å². The molecule has 0 aromatic heterocycles. The van der Waals surface area contributed by atoms with Gasteiger partial charge in [0, 0.05) is 37.9 Å². The fourth-order valence-electron chi connectivity index (χ4n) is 13.1. The van der Waals surface area contributed by atoms with Gasteiger partial charge < -0.3 is 63.4 Å². The number of carbonyl (C=O) groups excluding carboxylic acids is 1. The molecule has 0 unspecified atom stereocenters. The van der Waals surface area contributed by atoms with Crippen LogP contribution in [0.3, 0.4) is 0 Å². The van der Waals surface area contributed by atoms with E-state index in [0.29, 0.717) is 18.8 Å². The zero-order valence-electron chi connectivity index (χ0n) is 33.9. The van der Waals surface area contributed by atoms with Crippen LogP contribution in [-0.2, 0) is 42.7 Å². The van der Waals surface area contributed by atoms with Crippen molar-refractivity contribution in [3.05, 3.63) is 11.6 Å². The summed E-state index contributed by atoms with van der Waals surface area (Å²) in [5.74, 6) is 0.223. The molecule has 8 aliphatic rings. The molecule has 0 aromatic carbocycles.